The van der Waals surface area contributed by atoms with Crippen LogP contribution in [0.2, 0.25) is 0 Å². The number of thioether (sulfide) groups is 1. The molecule has 0 unspecified atom stereocenters. The summed E-state index contributed by atoms with van der Waals surface area (Å²) in [6, 6.07) is 0. The summed E-state index contributed by atoms with van der Waals surface area (Å²) in [7, 11) is 2.01. The topological polar surface area (TPSA) is 24.1 Å². The molecule has 0 rings (SSSR count). The number of rotatable bonds is 9. The monoisotopic (exact) mass is 208 g/mol. The zero-order chi connectivity index (χ0) is 9.07. The Morgan fingerprint density at radius 1 is 1.08 bits per heavy atom. The Morgan fingerprint density at radius 3 is 2.33 bits per heavy atom. The van der Waals surface area contributed by atoms with Gasteiger partial charge in [-0.05, 0) is 44.2 Å². The normalized spacial score (nSPS) is 10.5. The van der Waals surface area contributed by atoms with Crippen LogP contribution in [0.25, 0.3) is 0 Å². The van der Waals surface area contributed by atoms with Gasteiger partial charge < -0.3 is 5.32 Å². The van der Waals surface area contributed by atoms with Gasteiger partial charge in [-0.15, -0.1) is 0 Å². The van der Waals surface area contributed by atoms with E-state index in [-0.39, 0.29) is 0 Å². The van der Waals surface area contributed by atoms with Crippen molar-refractivity contribution in [3.05, 3.63) is 0 Å². The van der Waals surface area contributed by atoms with Gasteiger partial charge in [0.15, 0.2) is 0 Å². The molecule has 0 aliphatic heterocycles. The molecule has 0 aromatic heterocycles. The van der Waals surface area contributed by atoms with Crippen molar-refractivity contribution in [1.29, 1.82) is 0 Å². The predicted molar refractivity (Wildman–Crippen MR) is 62.0 cm³/mol. The molecule has 0 aromatic rings. The van der Waals surface area contributed by atoms with Crippen LogP contribution in [-0.2, 0) is 0 Å². The van der Waals surface area contributed by atoms with Crippen LogP contribution in [-0.4, -0.2) is 37.9 Å². The van der Waals surface area contributed by atoms with E-state index in [0.717, 1.165) is 13.1 Å². The van der Waals surface area contributed by atoms with E-state index in [1.54, 1.807) is 11.9 Å². The summed E-state index contributed by atoms with van der Waals surface area (Å²) in [6.45, 7) is 2.29. The Hall–Kier alpha value is 0.620. The van der Waals surface area contributed by atoms with Crippen molar-refractivity contribution in [1.82, 2.24) is 10.0 Å². The Morgan fingerprint density at radius 2 is 1.75 bits per heavy atom. The lowest BCUT2D eigenvalue weighted by molar-refractivity contribution is 0.777. The molecule has 2 nitrogen and oxygen atoms in total. The average molecular weight is 208 g/mol. The van der Waals surface area contributed by atoms with Crippen molar-refractivity contribution < 1.29 is 0 Å². The second kappa shape index (κ2) is 11.6. The van der Waals surface area contributed by atoms with E-state index >= 15 is 0 Å². The van der Waals surface area contributed by atoms with Crippen LogP contribution >= 0.6 is 23.7 Å². The third-order valence-electron chi connectivity index (χ3n) is 1.43. The molecule has 0 saturated carbocycles. The molecule has 12 heavy (non-hydrogen) atoms. The third kappa shape index (κ3) is 10.6. The fraction of sp³-hybridized carbons (Fsp3) is 1.00. The van der Waals surface area contributed by atoms with Crippen LogP contribution in [0, 0.1) is 0 Å². The summed E-state index contributed by atoms with van der Waals surface area (Å²) in [4.78, 5) is 0. The first kappa shape index (κ1) is 12.6. The fourth-order valence-electron chi connectivity index (χ4n) is 0.802. The molecule has 0 heterocycles. The fourth-order valence-corrected chi connectivity index (χ4v) is 2.05. The van der Waals surface area contributed by atoms with Crippen molar-refractivity contribution in [2.45, 2.75) is 12.8 Å². The molecule has 0 atom stereocenters. The highest BCUT2D eigenvalue weighted by Gasteiger charge is 1.89. The maximum Gasteiger partial charge on any atom is 0.00662 e. The first-order valence-corrected chi connectivity index (χ1v) is 6.78. The minimum Gasteiger partial charge on any atom is -0.320 e. The van der Waals surface area contributed by atoms with Crippen LogP contribution < -0.4 is 10.0 Å². The van der Waals surface area contributed by atoms with Crippen molar-refractivity contribution in [2.75, 3.05) is 37.9 Å². The second-order valence-corrected chi connectivity index (χ2v) is 4.44. The van der Waals surface area contributed by atoms with E-state index in [1.807, 2.05) is 7.05 Å². The smallest absolute Gasteiger partial charge is 0.00662 e. The lowest BCUT2D eigenvalue weighted by atomic mass is 10.5. The molecule has 0 radical (unpaired) electrons. The van der Waals surface area contributed by atoms with Crippen LogP contribution in [0.5, 0.6) is 0 Å². The molecular formula is C8H20N2S2. The van der Waals surface area contributed by atoms with E-state index in [9.17, 15) is 0 Å². The van der Waals surface area contributed by atoms with Crippen molar-refractivity contribution in [3.8, 4) is 0 Å². The third-order valence-corrected chi connectivity index (χ3v) is 3.07. The Labute approximate surface area is 84.8 Å². The first-order valence-electron chi connectivity index (χ1n) is 4.40. The Balaban J connectivity index is 2.73. The standard InChI is InChI=1S/C8H20N2S2/c1-9-5-3-7-12-8-4-6-10-11-2/h9-10H,3-8H2,1-2H3. The van der Waals surface area contributed by atoms with E-state index in [0.29, 0.717) is 0 Å². The maximum absolute atomic E-state index is 3.24. The highest BCUT2D eigenvalue weighted by atomic mass is 32.2. The zero-order valence-corrected chi connectivity index (χ0v) is 9.69. The van der Waals surface area contributed by atoms with E-state index in [2.05, 4.69) is 28.1 Å². The number of hydrogen-bond acceptors (Lipinski definition) is 4. The van der Waals surface area contributed by atoms with E-state index in [4.69, 9.17) is 0 Å². The van der Waals surface area contributed by atoms with Gasteiger partial charge in [0.2, 0.25) is 0 Å². The largest absolute Gasteiger partial charge is 0.320 e. The van der Waals surface area contributed by atoms with Crippen LogP contribution in [0.15, 0.2) is 0 Å². The van der Waals surface area contributed by atoms with Gasteiger partial charge in [-0.1, -0.05) is 11.9 Å². The Kier molecular flexibility index (Phi) is 12.2. The van der Waals surface area contributed by atoms with Gasteiger partial charge >= 0.3 is 0 Å². The average Bonchev–Trinajstić information content (AvgIpc) is 2.10. The summed E-state index contributed by atoms with van der Waals surface area (Å²) < 4.78 is 3.24. The van der Waals surface area contributed by atoms with Gasteiger partial charge in [-0.3, -0.25) is 4.72 Å². The van der Waals surface area contributed by atoms with Gasteiger partial charge in [0.05, 0.1) is 0 Å². The van der Waals surface area contributed by atoms with Crippen molar-refractivity contribution in [2.24, 2.45) is 0 Å². The van der Waals surface area contributed by atoms with Gasteiger partial charge in [0.25, 0.3) is 0 Å². The molecule has 74 valence electrons. The quantitative estimate of drug-likeness (QED) is 0.444. The Bertz CT molecular complexity index is 71.5. The van der Waals surface area contributed by atoms with Gasteiger partial charge in [-0.25, -0.2) is 0 Å². The molecule has 0 spiro atoms. The van der Waals surface area contributed by atoms with E-state index in [1.165, 1.54) is 24.3 Å². The van der Waals surface area contributed by atoms with Crippen molar-refractivity contribution in [3.63, 3.8) is 0 Å². The molecule has 0 aromatic carbocycles. The highest BCUT2D eigenvalue weighted by molar-refractivity contribution is 7.99. The summed E-state index contributed by atoms with van der Waals surface area (Å²) in [5.74, 6) is 2.58. The minimum absolute atomic E-state index is 1.14. The molecule has 0 saturated heterocycles. The maximum atomic E-state index is 3.24. The minimum atomic E-state index is 1.14. The molecule has 2 N–H and O–H groups in total. The van der Waals surface area contributed by atoms with Crippen LogP contribution in [0.1, 0.15) is 12.8 Å². The SMILES string of the molecule is CNCCCSCCCNSC. The van der Waals surface area contributed by atoms with Gasteiger partial charge in [0, 0.05) is 6.54 Å². The molecule has 0 amide bonds. The summed E-state index contributed by atoms with van der Waals surface area (Å²) >= 11 is 3.76. The summed E-state index contributed by atoms with van der Waals surface area (Å²) in [5.41, 5.74) is 0. The van der Waals surface area contributed by atoms with Gasteiger partial charge in [0.1, 0.15) is 0 Å². The number of nitrogens with one attached hydrogen (secondary N) is 2. The van der Waals surface area contributed by atoms with E-state index < -0.39 is 0 Å². The van der Waals surface area contributed by atoms with Crippen LogP contribution in [0.4, 0.5) is 0 Å². The van der Waals surface area contributed by atoms with Crippen LogP contribution in [0.3, 0.4) is 0 Å². The lowest BCUT2D eigenvalue weighted by Crippen LogP contribution is -2.09. The molecule has 0 aliphatic carbocycles. The zero-order valence-electron chi connectivity index (χ0n) is 8.06. The summed E-state index contributed by atoms with van der Waals surface area (Å²) in [6.07, 6.45) is 4.64. The molecule has 0 fully saturated rings. The predicted octanol–water partition coefficient (Wildman–Crippen LogP) is 1.59. The lowest BCUT2D eigenvalue weighted by Gasteiger charge is -2.01. The molecular weight excluding hydrogens is 188 g/mol. The summed E-state index contributed by atoms with van der Waals surface area (Å²) in [5, 5.41) is 3.15. The molecule has 0 aliphatic rings. The van der Waals surface area contributed by atoms with Gasteiger partial charge in [-0.2, -0.15) is 11.8 Å². The number of hydrogen-bond donors (Lipinski definition) is 2. The van der Waals surface area contributed by atoms with Crippen molar-refractivity contribution >= 4 is 23.7 Å². The highest BCUT2D eigenvalue weighted by Crippen LogP contribution is 2.03. The second-order valence-electron chi connectivity index (χ2n) is 2.52. The molecule has 4 heteroatoms. The molecule has 0 bridgehead atoms. The first-order chi connectivity index (χ1) is 5.91.